The Labute approximate surface area is 341 Å². The first-order valence-electron chi connectivity index (χ1n) is 18.6. The molecule has 0 N–H and O–H groups in total. The molecule has 0 saturated heterocycles. The average molecular weight is 831 g/mol. The van der Waals surface area contributed by atoms with Gasteiger partial charge in [-0.1, -0.05) is 109 Å². The molecule has 0 bridgehead atoms. The molecule has 0 radical (unpaired) electrons. The van der Waals surface area contributed by atoms with Gasteiger partial charge in [-0.05, 0) is 71.3 Å². The second-order valence-corrected chi connectivity index (χ2v) is 14.2. The van der Waals surface area contributed by atoms with Crippen LogP contribution < -0.4 is 0 Å². The molecule has 2 aromatic heterocycles. The van der Waals surface area contributed by atoms with E-state index < -0.39 is 35.2 Å². The Morgan fingerprint density at radius 2 is 0.803 bits per heavy atom. The molecule has 61 heavy (non-hydrogen) atoms. The van der Waals surface area contributed by atoms with Crippen molar-refractivity contribution >= 4 is 21.8 Å². The van der Waals surface area contributed by atoms with E-state index in [1.165, 1.54) is 24.3 Å². The zero-order valence-corrected chi connectivity index (χ0v) is 31.3. The summed E-state index contributed by atoms with van der Waals surface area (Å²) >= 11 is 0. The van der Waals surface area contributed by atoms with E-state index in [-0.39, 0.29) is 17.2 Å². The van der Waals surface area contributed by atoms with E-state index in [2.05, 4.69) is 0 Å². The van der Waals surface area contributed by atoms with Gasteiger partial charge in [0.2, 0.25) is 0 Å². The number of hydrogen-bond donors (Lipinski definition) is 0. The summed E-state index contributed by atoms with van der Waals surface area (Å²) < 4.78 is 126. The van der Waals surface area contributed by atoms with Crippen LogP contribution in [0.15, 0.2) is 164 Å². The van der Waals surface area contributed by atoms with Crippen molar-refractivity contribution in [2.45, 2.75) is 18.5 Å². The van der Waals surface area contributed by atoms with Crippen LogP contribution in [0.2, 0.25) is 0 Å². The van der Waals surface area contributed by atoms with Crippen LogP contribution in [0, 0.1) is 0 Å². The van der Waals surface area contributed by atoms with E-state index >= 15 is 0 Å². The minimum atomic E-state index is -5.04. The zero-order chi connectivity index (χ0) is 42.7. The van der Waals surface area contributed by atoms with Gasteiger partial charge in [-0.25, -0.2) is 15.0 Å². The van der Waals surface area contributed by atoms with Gasteiger partial charge < -0.3 is 4.57 Å². The van der Waals surface area contributed by atoms with Crippen molar-refractivity contribution in [2.75, 3.05) is 0 Å². The first kappa shape index (κ1) is 39.2. The van der Waals surface area contributed by atoms with E-state index in [1.54, 1.807) is 48.5 Å². The van der Waals surface area contributed by atoms with Crippen LogP contribution in [0.4, 0.5) is 39.5 Å². The number of para-hydroxylation sites is 1. The average Bonchev–Trinajstić information content (AvgIpc) is 3.59. The standard InChI is InChI=1S/C48H27F9N4/c49-46(50,51)34-19-15-28(16-20-34)37-21-17-32(45-59-43(29-9-3-1-4-10-29)58-44(60-45)30-11-5-2-6-12-30)26-42(37)61-40-14-8-7-13-38(40)39-25-31(18-22-41(39)61)33-23-35(47(52,53)54)27-36(24-33)48(55,56)57/h1-27H. The highest BCUT2D eigenvalue weighted by Crippen LogP contribution is 2.43. The van der Waals surface area contributed by atoms with Crippen molar-refractivity contribution in [1.29, 1.82) is 0 Å². The van der Waals surface area contributed by atoms with E-state index in [0.717, 1.165) is 23.3 Å². The Morgan fingerprint density at radius 3 is 1.36 bits per heavy atom. The largest absolute Gasteiger partial charge is 0.416 e. The van der Waals surface area contributed by atoms with Crippen LogP contribution in [0.25, 0.3) is 83.9 Å². The summed E-state index contributed by atoms with van der Waals surface area (Å²) in [6, 6.07) is 41.7. The topological polar surface area (TPSA) is 43.6 Å². The third-order valence-electron chi connectivity index (χ3n) is 10.3. The maximum absolute atomic E-state index is 13.9. The lowest BCUT2D eigenvalue weighted by Gasteiger charge is -2.17. The molecule has 7 aromatic carbocycles. The highest BCUT2D eigenvalue weighted by molar-refractivity contribution is 6.11. The van der Waals surface area contributed by atoms with Crippen LogP contribution >= 0.6 is 0 Å². The molecule has 0 spiro atoms. The minimum Gasteiger partial charge on any atom is -0.309 e. The molecule has 13 heteroatoms. The lowest BCUT2D eigenvalue weighted by Crippen LogP contribution is -2.11. The number of nitrogens with zero attached hydrogens (tertiary/aromatic N) is 4. The molecule has 9 aromatic rings. The molecule has 0 atom stereocenters. The molecule has 2 heterocycles. The Morgan fingerprint density at radius 1 is 0.328 bits per heavy atom. The Hall–Kier alpha value is -7.28. The third-order valence-corrected chi connectivity index (χ3v) is 10.3. The minimum absolute atomic E-state index is 0.0851. The van der Waals surface area contributed by atoms with Gasteiger partial charge in [-0.15, -0.1) is 0 Å². The quantitative estimate of drug-likeness (QED) is 0.157. The predicted molar refractivity (Wildman–Crippen MR) is 216 cm³/mol. The predicted octanol–water partition coefficient (Wildman–Crippen LogP) is 14.4. The fraction of sp³-hybridized carbons (Fsp3) is 0.0625. The van der Waals surface area contributed by atoms with Crippen molar-refractivity contribution in [3.05, 3.63) is 180 Å². The SMILES string of the molecule is FC(F)(F)c1ccc(-c2ccc(-c3nc(-c4ccccc4)nc(-c4ccccc4)n3)cc2-n2c3ccccc3c3cc(-c4cc(C(F)(F)F)cc(C(F)(F)F)c4)ccc32)cc1. The van der Waals surface area contributed by atoms with Gasteiger partial charge in [0.05, 0.1) is 33.4 Å². The number of rotatable bonds is 6. The normalized spacial score (nSPS) is 12.3. The molecule has 0 unspecified atom stereocenters. The molecule has 0 aliphatic carbocycles. The summed E-state index contributed by atoms with van der Waals surface area (Å²) in [7, 11) is 0. The molecule has 0 saturated carbocycles. The Bertz CT molecular complexity index is 2990. The monoisotopic (exact) mass is 830 g/mol. The molecule has 0 aliphatic rings. The van der Waals surface area contributed by atoms with Crippen molar-refractivity contribution in [2.24, 2.45) is 0 Å². The summed E-state index contributed by atoms with van der Waals surface area (Å²) in [5, 5.41) is 1.12. The highest BCUT2D eigenvalue weighted by Gasteiger charge is 2.37. The van der Waals surface area contributed by atoms with Crippen LogP contribution in [-0.4, -0.2) is 19.5 Å². The molecule has 0 aliphatic heterocycles. The highest BCUT2D eigenvalue weighted by atomic mass is 19.4. The number of aromatic nitrogens is 4. The molecule has 4 nitrogen and oxygen atoms in total. The van der Waals surface area contributed by atoms with Crippen LogP contribution in [0.1, 0.15) is 16.7 Å². The number of hydrogen-bond acceptors (Lipinski definition) is 3. The number of alkyl halides is 9. The molecule has 302 valence electrons. The number of benzene rings is 7. The summed E-state index contributed by atoms with van der Waals surface area (Å²) in [6.45, 7) is 0. The van der Waals surface area contributed by atoms with Gasteiger partial charge in [0.25, 0.3) is 0 Å². The van der Waals surface area contributed by atoms with Gasteiger partial charge in [0, 0.05) is 33.0 Å². The van der Waals surface area contributed by atoms with Crippen LogP contribution in [0.3, 0.4) is 0 Å². The molecule has 0 fully saturated rings. The Balaban J connectivity index is 1.29. The lowest BCUT2D eigenvalue weighted by molar-refractivity contribution is -0.143. The first-order valence-corrected chi connectivity index (χ1v) is 18.6. The third kappa shape index (κ3) is 7.58. The van der Waals surface area contributed by atoms with E-state index in [0.29, 0.717) is 73.8 Å². The molecular weight excluding hydrogens is 804 g/mol. The fourth-order valence-electron chi connectivity index (χ4n) is 7.41. The molecule has 9 rings (SSSR count). The van der Waals surface area contributed by atoms with Crippen molar-refractivity contribution in [3.8, 4) is 62.1 Å². The smallest absolute Gasteiger partial charge is 0.309 e. The van der Waals surface area contributed by atoms with Gasteiger partial charge in [-0.3, -0.25) is 0 Å². The fourth-order valence-corrected chi connectivity index (χ4v) is 7.41. The summed E-state index contributed by atoms with van der Waals surface area (Å²) in [6.07, 6.45) is -14.7. The number of fused-ring (bicyclic) bond motifs is 3. The first-order chi connectivity index (χ1) is 29.1. The summed E-state index contributed by atoms with van der Waals surface area (Å²) in [5.41, 5.74) is 0.627. The van der Waals surface area contributed by atoms with Crippen LogP contribution in [-0.2, 0) is 18.5 Å². The Kier molecular flexibility index (Phi) is 9.49. The summed E-state index contributed by atoms with van der Waals surface area (Å²) in [4.78, 5) is 14.5. The van der Waals surface area contributed by atoms with Crippen molar-refractivity contribution in [3.63, 3.8) is 0 Å². The maximum Gasteiger partial charge on any atom is 0.416 e. The van der Waals surface area contributed by atoms with Crippen molar-refractivity contribution in [1.82, 2.24) is 19.5 Å². The van der Waals surface area contributed by atoms with E-state index in [1.807, 2.05) is 65.2 Å². The number of halogens is 9. The summed E-state index contributed by atoms with van der Waals surface area (Å²) in [5.74, 6) is 1.08. The maximum atomic E-state index is 13.9. The van der Waals surface area contributed by atoms with Crippen LogP contribution in [0.5, 0.6) is 0 Å². The molecular formula is C48H27F9N4. The second-order valence-electron chi connectivity index (χ2n) is 14.2. The van der Waals surface area contributed by atoms with Gasteiger partial charge in [-0.2, -0.15) is 39.5 Å². The zero-order valence-electron chi connectivity index (χ0n) is 31.3. The molecule has 0 amide bonds. The van der Waals surface area contributed by atoms with E-state index in [9.17, 15) is 39.5 Å². The van der Waals surface area contributed by atoms with E-state index in [4.69, 9.17) is 15.0 Å². The van der Waals surface area contributed by atoms with Gasteiger partial charge in [0.15, 0.2) is 17.5 Å². The van der Waals surface area contributed by atoms with Gasteiger partial charge in [0.1, 0.15) is 0 Å². The lowest BCUT2D eigenvalue weighted by atomic mass is 9.97. The van der Waals surface area contributed by atoms with Gasteiger partial charge >= 0.3 is 18.5 Å². The van der Waals surface area contributed by atoms with Crippen molar-refractivity contribution < 1.29 is 39.5 Å². The second kappa shape index (κ2) is 14.8.